The number of hydrogen-bond acceptors (Lipinski definition) is 5. The van der Waals surface area contributed by atoms with Gasteiger partial charge in [-0.05, 0) is 41.5 Å². The minimum absolute atomic E-state index is 0.135. The lowest BCUT2D eigenvalue weighted by Crippen LogP contribution is -2.09. The smallest absolute Gasteiger partial charge is 0.206 e. The van der Waals surface area contributed by atoms with Crippen molar-refractivity contribution < 1.29 is 5.11 Å². The molecule has 0 spiro atoms. The zero-order valence-electron chi connectivity index (χ0n) is 18.2. The molecule has 0 aliphatic rings. The van der Waals surface area contributed by atoms with Gasteiger partial charge in [0.05, 0.1) is 17.8 Å². The number of H-pyrrole nitrogens is 1. The number of halogens is 1. The Morgan fingerprint density at radius 2 is 1.94 bits per heavy atom. The summed E-state index contributed by atoms with van der Waals surface area (Å²) in [7, 11) is 0. The molecule has 5 aromatic rings. The average molecular weight is 462 g/mol. The summed E-state index contributed by atoms with van der Waals surface area (Å²) in [4.78, 5) is 4.49. The monoisotopic (exact) mass is 461 g/mol. The van der Waals surface area contributed by atoms with Crippen molar-refractivity contribution >= 4 is 22.5 Å². The van der Waals surface area contributed by atoms with Crippen LogP contribution in [-0.4, -0.2) is 39.8 Å². The lowest BCUT2D eigenvalue weighted by atomic mass is 10.1. The number of aromatic nitrogens is 7. The van der Waals surface area contributed by atoms with Crippen LogP contribution in [0, 0.1) is 0 Å². The molecule has 5 rings (SSSR count). The van der Waals surface area contributed by atoms with Crippen molar-refractivity contribution in [2.75, 3.05) is 0 Å². The zero-order chi connectivity index (χ0) is 22.8. The normalized spacial score (nSPS) is 11.5. The molecule has 8 nitrogen and oxygen atoms in total. The van der Waals surface area contributed by atoms with E-state index in [4.69, 9.17) is 11.6 Å². The van der Waals surface area contributed by atoms with E-state index in [0.717, 1.165) is 52.8 Å². The maximum atomic E-state index is 9.82. The van der Waals surface area contributed by atoms with Crippen LogP contribution in [0.3, 0.4) is 0 Å². The van der Waals surface area contributed by atoms with Crippen LogP contribution in [0.5, 0.6) is 0 Å². The van der Waals surface area contributed by atoms with Crippen LogP contribution in [0.1, 0.15) is 36.8 Å². The van der Waals surface area contributed by atoms with E-state index in [9.17, 15) is 5.11 Å². The molecule has 0 radical (unpaired) electrons. The fraction of sp³-hybridized carbons (Fsp3) is 0.250. The molecule has 0 unspecified atom stereocenters. The highest BCUT2D eigenvalue weighted by Crippen LogP contribution is 2.29. The van der Waals surface area contributed by atoms with E-state index in [1.54, 1.807) is 0 Å². The zero-order valence-corrected chi connectivity index (χ0v) is 19.0. The number of nitrogens with one attached hydrogen (secondary N) is 1. The van der Waals surface area contributed by atoms with E-state index >= 15 is 0 Å². The summed E-state index contributed by atoms with van der Waals surface area (Å²) in [6.45, 7) is 2.62. The Labute approximate surface area is 195 Å². The third-order valence-corrected chi connectivity index (χ3v) is 6.16. The van der Waals surface area contributed by atoms with Crippen LogP contribution in [0.15, 0.2) is 54.7 Å². The number of aryl methyl sites for hydroxylation is 1. The number of benzene rings is 2. The number of rotatable bonds is 8. The number of fused-ring (bicyclic) bond motifs is 1. The van der Waals surface area contributed by atoms with Crippen molar-refractivity contribution in [1.29, 1.82) is 0 Å². The van der Waals surface area contributed by atoms with Gasteiger partial charge in [0.15, 0.2) is 5.15 Å². The fourth-order valence-electron chi connectivity index (χ4n) is 4.18. The van der Waals surface area contributed by atoms with Gasteiger partial charge in [0, 0.05) is 35.8 Å². The van der Waals surface area contributed by atoms with E-state index in [2.05, 4.69) is 73.5 Å². The maximum Gasteiger partial charge on any atom is 0.206 e. The van der Waals surface area contributed by atoms with Crippen LogP contribution in [-0.2, 0) is 19.6 Å². The summed E-state index contributed by atoms with van der Waals surface area (Å²) in [5.74, 6) is 1.47. The third-order valence-electron chi connectivity index (χ3n) is 5.86. The molecule has 168 valence electrons. The first-order valence-electron chi connectivity index (χ1n) is 11.0. The number of aromatic amines is 1. The quantitative estimate of drug-likeness (QED) is 0.353. The average Bonchev–Trinajstić information content (AvgIpc) is 3.57. The van der Waals surface area contributed by atoms with Gasteiger partial charge in [-0.2, -0.15) is 5.21 Å². The first kappa shape index (κ1) is 21.4. The number of nitrogens with zero attached hydrogens (tertiary/aromatic N) is 6. The minimum atomic E-state index is -0.135. The van der Waals surface area contributed by atoms with Crippen molar-refractivity contribution in [2.24, 2.45) is 0 Å². The molecule has 0 saturated carbocycles. The van der Waals surface area contributed by atoms with Crippen molar-refractivity contribution in [3.8, 4) is 17.1 Å². The Morgan fingerprint density at radius 3 is 2.67 bits per heavy atom. The molecule has 3 aromatic heterocycles. The second kappa shape index (κ2) is 9.17. The van der Waals surface area contributed by atoms with Crippen molar-refractivity contribution in [2.45, 2.75) is 39.3 Å². The summed E-state index contributed by atoms with van der Waals surface area (Å²) in [5, 5.41) is 25.9. The van der Waals surface area contributed by atoms with Gasteiger partial charge in [-0.1, -0.05) is 49.2 Å². The highest BCUT2D eigenvalue weighted by Gasteiger charge is 2.16. The number of aliphatic hydroxyl groups is 1. The Hall–Kier alpha value is -3.49. The van der Waals surface area contributed by atoms with Gasteiger partial charge in [-0.3, -0.25) is 0 Å². The molecule has 0 bridgehead atoms. The second-order valence-electron chi connectivity index (χ2n) is 7.94. The number of para-hydroxylation sites is 1. The first-order chi connectivity index (χ1) is 16.2. The highest BCUT2D eigenvalue weighted by molar-refractivity contribution is 6.30. The molecule has 3 heterocycles. The molecule has 0 aliphatic heterocycles. The number of tetrazole rings is 1. The molecular formula is C24H24ClN7O. The van der Waals surface area contributed by atoms with Crippen LogP contribution in [0.25, 0.3) is 28.0 Å². The second-order valence-corrected chi connectivity index (χ2v) is 8.30. The number of hydrogen-bond donors (Lipinski definition) is 2. The van der Waals surface area contributed by atoms with E-state index in [-0.39, 0.29) is 6.61 Å². The molecule has 33 heavy (non-hydrogen) atoms. The van der Waals surface area contributed by atoms with Crippen molar-refractivity contribution in [1.82, 2.24) is 34.7 Å². The van der Waals surface area contributed by atoms with E-state index in [1.165, 1.54) is 0 Å². The largest absolute Gasteiger partial charge is 0.390 e. The molecule has 0 atom stereocenters. The minimum Gasteiger partial charge on any atom is -0.390 e. The summed E-state index contributed by atoms with van der Waals surface area (Å²) in [6, 6.07) is 16.5. The van der Waals surface area contributed by atoms with E-state index < -0.39 is 0 Å². The Balaban J connectivity index is 1.48. The lowest BCUT2D eigenvalue weighted by molar-refractivity contribution is 0.271. The number of aliphatic hydroxyl groups excluding tert-OH is 1. The van der Waals surface area contributed by atoms with Crippen molar-refractivity contribution in [3.63, 3.8) is 0 Å². The highest BCUT2D eigenvalue weighted by atomic mass is 35.5. The predicted molar refractivity (Wildman–Crippen MR) is 127 cm³/mol. The van der Waals surface area contributed by atoms with E-state index in [1.807, 2.05) is 22.9 Å². The summed E-state index contributed by atoms with van der Waals surface area (Å²) >= 11 is 6.29. The summed E-state index contributed by atoms with van der Waals surface area (Å²) in [6.07, 6.45) is 4.99. The van der Waals surface area contributed by atoms with Gasteiger partial charge >= 0.3 is 0 Å². The van der Waals surface area contributed by atoms with Gasteiger partial charge in [0.2, 0.25) is 5.82 Å². The Morgan fingerprint density at radius 1 is 1.09 bits per heavy atom. The van der Waals surface area contributed by atoms with Gasteiger partial charge in [-0.25, -0.2) is 4.98 Å². The third kappa shape index (κ3) is 4.03. The van der Waals surface area contributed by atoms with Gasteiger partial charge in [0.1, 0.15) is 5.82 Å². The van der Waals surface area contributed by atoms with Crippen LogP contribution in [0.2, 0.25) is 5.15 Å². The molecule has 9 heteroatoms. The predicted octanol–water partition coefficient (Wildman–Crippen LogP) is 4.54. The van der Waals surface area contributed by atoms with Crippen LogP contribution in [0.4, 0.5) is 0 Å². The summed E-state index contributed by atoms with van der Waals surface area (Å²) < 4.78 is 4.16. The lowest BCUT2D eigenvalue weighted by Gasteiger charge is -2.13. The Bertz CT molecular complexity index is 1370. The number of unbranched alkanes of at least 4 members (excludes halogenated alkanes) is 1. The standard InChI is InChI=1S/C24H24ClN7O/c1-2-3-7-21-26-23(25)20(15-33)32(21)14-16-8-10-18(11-9-16)31-13-12-17-5-4-6-19(22(17)31)24-27-29-30-28-24/h4-6,8-13,33H,2-3,7,14-15H2,1H3,(H,27,28,29,30). The van der Waals surface area contributed by atoms with Crippen molar-refractivity contribution in [3.05, 3.63) is 77.0 Å². The SMILES string of the molecule is CCCCc1nc(Cl)c(CO)n1Cc1ccc(-n2ccc3cccc(-c4nn[nH]n4)c32)cc1. The van der Waals surface area contributed by atoms with E-state index in [0.29, 0.717) is 23.2 Å². The van der Waals surface area contributed by atoms with Crippen LogP contribution >= 0.6 is 11.6 Å². The Kier molecular flexibility index (Phi) is 5.93. The number of imidazole rings is 1. The first-order valence-corrected chi connectivity index (χ1v) is 11.3. The fourth-order valence-corrected chi connectivity index (χ4v) is 4.44. The van der Waals surface area contributed by atoms with Gasteiger partial charge in [0.25, 0.3) is 0 Å². The molecule has 0 aliphatic carbocycles. The molecular weight excluding hydrogens is 438 g/mol. The van der Waals surface area contributed by atoms with Gasteiger partial charge in [-0.15, -0.1) is 10.2 Å². The molecule has 2 aromatic carbocycles. The molecule has 0 fully saturated rings. The van der Waals surface area contributed by atoms with Crippen LogP contribution < -0.4 is 0 Å². The maximum absolute atomic E-state index is 9.82. The molecule has 0 saturated heterocycles. The molecule has 0 amide bonds. The molecule has 2 N–H and O–H groups in total. The van der Waals surface area contributed by atoms with Gasteiger partial charge < -0.3 is 14.2 Å². The summed E-state index contributed by atoms with van der Waals surface area (Å²) in [5.41, 5.74) is 4.74. The topological polar surface area (TPSA) is 97.4 Å².